The molecule has 0 saturated heterocycles. The molecule has 20 heavy (non-hydrogen) atoms. The average Bonchev–Trinajstić information content (AvgIpc) is 2.47. The van der Waals surface area contributed by atoms with Crippen molar-refractivity contribution in [3.63, 3.8) is 0 Å². The predicted octanol–water partition coefficient (Wildman–Crippen LogP) is 3.65. The molecule has 2 aromatic heterocycles. The topological polar surface area (TPSA) is 16.8 Å². The zero-order valence-electron chi connectivity index (χ0n) is 13.4. The zero-order valence-corrected chi connectivity index (χ0v) is 12.4. The molecule has 0 unspecified atom stereocenters. The van der Waals surface area contributed by atoms with Crippen LogP contribution in [-0.4, -0.2) is 4.98 Å². The zero-order chi connectivity index (χ0) is 15.1. The van der Waals surface area contributed by atoms with Gasteiger partial charge in [0.15, 0.2) is 5.69 Å². The molecule has 1 aromatic carbocycles. The first kappa shape index (κ1) is 11.6. The predicted molar refractivity (Wildman–Crippen MR) is 82.6 cm³/mol. The van der Waals surface area contributed by atoms with Gasteiger partial charge in [-0.15, -0.1) is 0 Å². The van der Waals surface area contributed by atoms with Crippen molar-refractivity contribution in [2.75, 3.05) is 0 Å². The number of nitrogens with zero attached hydrogens (tertiary/aromatic N) is 2. The maximum atomic E-state index is 8.38. The molecule has 3 rings (SSSR count). The van der Waals surface area contributed by atoms with Gasteiger partial charge in [-0.3, -0.25) is 4.98 Å². The molecule has 0 bridgehead atoms. The summed E-state index contributed by atoms with van der Waals surface area (Å²) in [4.78, 5) is 4.28. The van der Waals surface area contributed by atoms with E-state index in [1.807, 2.05) is 32.4 Å². The molecule has 0 aliphatic heterocycles. The van der Waals surface area contributed by atoms with Gasteiger partial charge < -0.3 is 0 Å². The van der Waals surface area contributed by atoms with E-state index >= 15 is 0 Å². The Kier molecular flexibility index (Phi) is 2.73. The fraction of sp³-hybridized carbons (Fsp3) is 0.222. The molecule has 0 N–H and O–H groups in total. The van der Waals surface area contributed by atoms with E-state index in [-0.39, 0.29) is 0 Å². The van der Waals surface area contributed by atoms with E-state index in [4.69, 9.17) is 1.37 Å². The Balaban J connectivity index is 2.52. The van der Waals surface area contributed by atoms with Crippen LogP contribution in [0, 0.1) is 20.8 Å². The second kappa shape index (κ2) is 4.71. The number of aromatic nitrogens is 2. The van der Waals surface area contributed by atoms with Gasteiger partial charge in [0.25, 0.3) is 0 Å². The van der Waals surface area contributed by atoms with Crippen LogP contribution in [0.1, 0.15) is 18.2 Å². The Morgan fingerprint density at radius 3 is 2.70 bits per heavy atom. The number of hydrogen-bond donors (Lipinski definition) is 0. The monoisotopic (exact) mass is 264 g/mol. The Bertz CT molecular complexity index is 853. The van der Waals surface area contributed by atoms with Crippen molar-refractivity contribution < 1.29 is 5.94 Å². The molecule has 0 saturated carbocycles. The first-order valence-electron chi connectivity index (χ1n) is 7.31. The molecule has 0 spiro atoms. The lowest BCUT2D eigenvalue weighted by molar-refractivity contribution is -0.665. The third-order valence-corrected chi connectivity index (χ3v) is 3.88. The standard InChI is InChI=1S/C18H19N2/c1-12-5-6-15-10-14(3)20(4)18(16(15)9-12)17-11-19-8-7-13(17)2/h5-11H,1-4H3/q+1/i10D. The number of pyridine rings is 2. The second-order valence-corrected chi connectivity index (χ2v) is 5.36. The smallest absolute Gasteiger partial charge is 0.222 e. The van der Waals surface area contributed by atoms with E-state index < -0.39 is 0 Å². The number of fused-ring (bicyclic) bond motifs is 1. The number of rotatable bonds is 1. The fourth-order valence-corrected chi connectivity index (χ4v) is 2.63. The molecule has 0 amide bonds. The van der Waals surface area contributed by atoms with Gasteiger partial charge in [0.1, 0.15) is 7.05 Å². The van der Waals surface area contributed by atoms with Crippen LogP contribution in [0.2, 0.25) is 0 Å². The molecule has 0 aliphatic rings. The molecule has 0 aliphatic carbocycles. The number of benzene rings is 1. The van der Waals surface area contributed by atoms with E-state index in [9.17, 15) is 0 Å². The highest BCUT2D eigenvalue weighted by molar-refractivity contribution is 5.94. The quantitative estimate of drug-likeness (QED) is 0.613. The minimum Gasteiger partial charge on any atom is -0.264 e. The highest BCUT2D eigenvalue weighted by Gasteiger charge is 2.19. The maximum Gasteiger partial charge on any atom is 0.222 e. The van der Waals surface area contributed by atoms with Gasteiger partial charge in [-0.1, -0.05) is 17.7 Å². The summed E-state index contributed by atoms with van der Waals surface area (Å²) in [5.41, 5.74) is 5.62. The van der Waals surface area contributed by atoms with Crippen LogP contribution in [0.3, 0.4) is 0 Å². The Morgan fingerprint density at radius 2 is 1.95 bits per heavy atom. The normalized spacial score (nSPS) is 11.7. The van der Waals surface area contributed by atoms with E-state index in [0.717, 1.165) is 27.7 Å². The molecular formula is C18H19N2+. The van der Waals surface area contributed by atoms with Crippen molar-refractivity contribution in [1.82, 2.24) is 4.98 Å². The highest BCUT2D eigenvalue weighted by atomic mass is 14.9. The molecule has 0 atom stereocenters. The average molecular weight is 264 g/mol. The van der Waals surface area contributed by atoms with Gasteiger partial charge in [0.2, 0.25) is 5.69 Å². The molecule has 2 heteroatoms. The van der Waals surface area contributed by atoms with Crippen LogP contribution in [0.25, 0.3) is 22.0 Å². The van der Waals surface area contributed by atoms with Gasteiger partial charge in [0.05, 0.1) is 12.3 Å². The van der Waals surface area contributed by atoms with Crippen molar-refractivity contribution in [2.45, 2.75) is 20.8 Å². The second-order valence-electron chi connectivity index (χ2n) is 5.36. The summed E-state index contributed by atoms with van der Waals surface area (Å²) in [6, 6.07) is 8.91. The SMILES string of the molecule is [2H]c1c(C)[n+](C)c(-c2cnccc2C)c2cc(C)ccc12. The summed E-state index contributed by atoms with van der Waals surface area (Å²) < 4.78 is 10.5. The van der Waals surface area contributed by atoms with Crippen LogP contribution in [0.15, 0.2) is 42.7 Å². The molecule has 0 radical (unpaired) electrons. The first-order chi connectivity index (χ1) is 10.0. The summed E-state index contributed by atoms with van der Waals surface area (Å²) in [5.74, 6) is 0. The van der Waals surface area contributed by atoms with Crippen molar-refractivity contribution in [3.05, 3.63) is 59.5 Å². The lowest BCUT2D eigenvalue weighted by atomic mass is 9.99. The Labute approximate surface area is 121 Å². The minimum atomic E-state index is 0.595. The summed E-state index contributed by atoms with van der Waals surface area (Å²) in [5, 5.41) is 2.11. The first-order valence-corrected chi connectivity index (χ1v) is 6.81. The van der Waals surface area contributed by atoms with E-state index in [1.54, 1.807) is 0 Å². The fourth-order valence-electron chi connectivity index (χ4n) is 2.63. The van der Waals surface area contributed by atoms with Crippen LogP contribution in [0.4, 0.5) is 0 Å². The summed E-state index contributed by atoms with van der Waals surface area (Å²) in [6.07, 6.45) is 3.73. The van der Waals surface area contributed by atoms with Crippen molar-refractivity contribution in [1.29, 1.82) is 0 Å². The van der Waals surface area contributed by atoms with Crippen LogP contribution >= 0.6 is 0 Å². The molecule has 3 aromatic rings. The lowest BCUT2D eigenvalue weighted by Crippen LogP contribution is -2.35. The van der Waals surface area contributed by atoms with Gasteiger partial charge in [-0.2, -0.15) is 4.57 Å². The van der Waals surface area contributed by atoms with E-state index in [1.165, 1.54) is 11.1 Å². The van der Waals surface area contributed by atoms with Crippen LogP contribution in [0.5, 0.6) is 0 Å². The van der Waals surface area contributed by atoms with Crippen molar-refractivity contribution in [2.24, 2.45) is 7.05 Å². The molecule has 100 valence electrons. The maximum absolute atomic E-state index is 8.38. The molecular weight excluding hydrogens is 244 g/mol. The summed E-state index contributed by atoms with van der Waals surface area (Å²) in [7, 11) is 2.02. The summed E-state index contributed by atoms with van der Waals surface area (Å²) in [6.45, 7) is 6.18. The summed E-state index contributed by atoms with van der Waals surface area (Å²) >= 11 is 0. The van der Waals surface area contributed by atoms with Crippen LogP contribution < -0.4 is 4.57 Å². The van der Waals surface area contributed by atoms with Crippen LogP contribution in [-0.2, 0) is 7.05 Å². The molecule has 2 heterocycles. The Hall–Kier alpha value is -2.22. The van der Waals surface area contributed by atoms with E-state index in [2.05, 4.69) is 41.6 Å². The largest absolute Gasteiger partial charge is 0.264 e. The van der Waals surface area contributed by atoms with Gasteiger partial charge >= 0.3 is 0 Å². The molecule has 2 nitrogen and oxygen atoms in total. The lowest BCUT2D eigenvalue weighted by Gasteiger charge is -2.10. The number of aryl methyl sites for hydroxylation is 2. The van der Waals surface area contributed by atoms with Gasteiger partial charge in [0, 0.05) is 25.4 Å². The number of hydrogen-bond acceptors (Lipinski definition) is 1. The third kappa shape index (κ3) is 1.97. The highest BCUT2D eigenvalue weighted by Crippen LogP contribution is 2.28. The third-order valence-electron chi connectivity index (χ3n) is 3.88. The van der Waals surface area contributed by atoms with Crippen molar-refractivity contribution >= 4 is 10.8 Å². The Morgan fingerprint density at radius 1 is 1.15 bits per heavy atom. The molecule has 0 fully saturated rings. The van der Waals surface area contributed by atoms with Gasteiger partial charge in [-0.05, 0) is 36.9 Å². The van der Waals surface area contributed by atoms with E-state index in [0.29, 0.717) is 6.04 Å². The van der Waals surface area contributed by atoms with Gasteiger partial charge in [-0.25, -0.2) is 0 Å². The van der Waals surface area contributed by atoms with Crippen molar-refractivity contribution in [3.8, 4) is 11.3 Å². The minimum absolute atomic E-state index is 0.595.